The fraction of sp³-hybridized carbons (Fsp3) is 0.167. The molecule has 0 amide bonds. The van der Waals surface area contributed by atoms with E-state index in [-0.39, 0.29) is 5.56 Å². The van der Waals surface area contributed by atoms with Gasteiger partial charge in [-0.2, -0.15) is 0 Å². The van der Waals surface area contributed by atoms with Crippen LogP contribution in [0.3, 0.4) is 0 Å². The van der Waals surface area contributed by atoms with Crippen LogP contribution in [0.5, 0.6) is 5.75 Å². The van der Waals surface area contributed by atoms with Crippen molar-refractivity contribution in [1.82, 2.24) is 10.2 Å². The molecule has 0 radical (unpaired) electrons. The predicted molar refractivity (Wildman–Crippen MR) is 102 cm³/mol. The molecule has 1 atom stereocenters. The van der Waals surface area contributed by atoms with Gasteiger partial charge in [0.2, 0.25) is 5.13 Å². The molecule has 0 saturated heterocycles. The lowest BCUT2D eigenvalue weighted by Gasteiger charge is -2.08. The summed E-state index contributed by atoms with van der Waals surface area (Å²) in [5.74, 6) is -1.32. The molecule has 3 aromatic rings. The monoisotopic (exact) mass is 407 g/mol. The van der Waals surface area contributed by atoms with E-state index in [0.29, 0.717) is 21.3 Å². The molecule has 0 spiro atoms. The Labute approximate surface area is 162 Å². The Balaban J connectivity index is 1.66. The molecular formula is C18H15F2N3O2S2. The van der Waals surface area contributed by atoms with E-state index in [9.17, 15) is 13.6 Å². The minimum absolute atomic E-state index is 0.143. The van der Waals surface area contributed by atoms with E-state index < -0.39 is 22.7 Å². The summed E-state index contributed by atoms with van der Waals surface area (Å²) in [4.78, 5) is 12.4. The van der Waals surface area contributed by atoms with Gasteiger partial charge in [-0.25, -0.2) is 8.78 Å². The fourth-order valence-electron chi connectivity index (χ4n) is 2.25. The van der Waals surface area contributed by atoms with Gasteiger partial charge in [0, 0.05) is 17.8 Å². The minimum Gasteiger partial charge on any atom is -0.497 e. The van der Waals surface area contributed by atoms with Gasteiger partial charge in [-0.3, -0.25) is 4.79 Å². The SMILES string of the molecule is COc1cccc(Nc2nnc(SC(C)C(=O)c3ccc(F)cc3F)s2)c1. The Bertz CT molecular complexity index is 965. The predicted octanol–water partition coefficient (Wildman–Crippen LogP) is 4.93. The van der Waals surface area contributed by atoms with Gasteiger partial charge < -0.3 is 10.1 Å². The molecule has 1 aromatic heterocycles. The van der Waals surface area contributed by atoms with Crippen molar-refractivity contribution in [2.24, 2.45) is 0 Å². The van der Waals surface area contributed by atoms with Crippen LogP contribution < -0.4 is 10.1 Å². The molecule has 0 aliphatic carbocycles. The van der Waals surface area contributed by atoms with Crippen LogP contribution in [-0.2, 0) is 0 Å². The van der Waals surface area contributed by atoms with Crippen molar-refractivity contribution in [3.63, 3.8) is 0 Å². The minimum atomic E-state index is -0.870. The molecule has 1 heterocycles. The highest BCUT2D eigenvalue weighted by molar-refractivity contribution is 8.02. The number of ether oxygens (including phenoxy) is 1. The number of nitrogens with one attached hydrogen (secondary N) is 1. The molecule has 2 aromatic carbocycles. The Morgan fingerprint density at radius 1 is 1.22 bits per heavy atom. The summed E-state index contributed by atoms with van der Waals surface area (Å²) in [5, 5.41) is 11.2. The maximum atomic E-state index is 13.8. The molecule has 0 aliphatic heterocycles. The zero-order valence-corrected chi connectivity index (χ0v) is 16.0. The molecule has 0 bridgehead atoms. The summed E-state index contributed by atoms with van der Waals surface area (Å²) in [7, 11) is 1.58. The second kappa shape index (κ2) is 8.45. The summed E-state index contributed by atoms with van der Waals surface area (Å²) in [6.45, 7) is 1.65. The van der Waals surface area contributed by atoms with Gasteiger partial charge in [0.1, 0.15) is 17.4 Å². The van der Waals surface area contributed by atoms with Crippen LogP contribution in [0.25, 0.3) is 0 Å². The third-order valence-electron chi connectivity index (χ3n) is 3.57. The van der Waals surface area contributed by atoms with Gasteiger partial charge >= 0.3 is 0 Å². The molecule has 0 saturated carbocycles. The van der Waals surface area contributed by atoms with Gasteiger partial charge in [-0.1, -0.05) is 29.2 Å². The van der Waals surface area contributed by atoms with Crippen LogP contribution in [0.1, 0.15) is 17.3 Å². The van der Waals surface area contributed by atoms with Crippen LogP contribution in [0.2, 0.25) is 0 Å². The number of nitrogens with zero attached hydrogens (tertiary/aromatic N) is 2. The third kappa shape index (κ3) is 4.81. The maximum Gasteiger partial charge on any atom is 0.210 e. The van der Waals surface area contributed by atoms with E-state index >= 15 is 0 Å². The van der Waals surface area contributed by atoms with Crippen molar-refractivity contribution < 1.29 is 18.3 Å². The van der Waals surface area contributed by atoms with Gasteiger partial charge in [0.25, 0.3) is 0 Å². The normalized spacial score (nSPS) is 11.9. The van der Waals surface area contributed by atoms with Gasteiger partial charge in [0.05, 0.1) is 17.9 Å². The van der Waals surface area contributed by atoms with Crippen LogP contribution in [-0.4, -0.2) is 28.3 Å². The Morgan fingerprint density at radius 2 is 2.04 bits per heavy atom. The van der Waals surface area contributed by atoms with Gasteiger partial charge in [-0.15, -0.1) is 10.2 Å². The van der Waals surface area contributed by atoms with Crippen molar-refractivity contribution in [3.05, 3.63) is 59.7 Å². The van der Waals surface area contributed by atoms with E-state index in [4.69, 9.17) is 4.74 Å². The van der Waals surface area contributed by atoms with Gasteiger partial charge in [0.15, 0.2) is 10.1 Å². The topological polar surface area (TPSA) is 64.1 Å². The van der Waals surface area contributed by atoms with Gasteiger partial charge in [-0.05, 0) is 31.2 Å². The smallest absolute Gasteiger partial charge is 0.210 e. The molecule has 0 fully saturated rings. The number of aromatic nitrogens is 2. The number of benzene rings is 2. The Morgan fingerprint density at radius 3 is 2.78 bits per heavy atom. The second-order valence-corrected chi connectivity index (χ2v) is 8.04. The molecule has 9 heteroatoms. The first kappa shape index (κ1) is 19.2. The number of thioether (sulfide) groups is 1. The van der Waals surface area contributed by atoms with Crippen LogP contribution in [0, 0.1) is 11.6 Å². The molecular weight excluding hydrogens is 392 g/mol. The number of hydrogen-bond donors (Lipinski definition) is 1. The van der Waals surface area contributed by atoms with Crippen molar-refractivity contribution in [2.75, 3.05) is 12.4 Å². The number of carbonyl (C=O) groups excluding carboxylic acids is 1. The van der Waals surface area contributed by atoms with E-state index in [2.05, 4.69) is 15.5 Å². The highest BCUT2D eigenvalue weighted by atomic mass is 32.2. The van der Waals surface area contributed by atoms with Crippen LogP contribution in [0.15, 0.2) is 46.8 Å². The Kier molecular flexibility index (Phi) is 6.02. The third-order valence-corrected chi connectivity index (χ3v) is 5.59. The van der Waals surface area contributed by atoms with Crippen molar-refractivity contribution in [3.8, 4) is 5.75 Å². The number of halogens is 2. The molecule has 1 unspecified atom stereocenters. The largest absolute Gasteiger partial charge is 0.497 e. The average Bonchev–Trinajstić information content (AvgIpc) is 3.08. The number of rotatable bonds is 7. The fourth-order valence-corrected chi connectivity index (χ4v) is 4.23. The molecule has 27 heavy (non-hydrogen) atoms. The molecule has 1 N–H and O–H groups in total. The highest BCUT2D eigenvalue weighted by Gasteiger charge is 2.22. The number of Topliss-reactive ketones (excluding diaryl/α,β-unsaturated/α-hetero) is 1. The number of methoxy groups -OCH3 is 1. The average molecular weight is 407 g/mol. The summed E-state index contributed by atoms with van der Waals surface area (Å²) in [6, 6.07) is 10.3. The number of ketones is 1. The first-order chi connectivity index (χ1) is 13.0. The molecule has 140 valence electrons. The number of hydrogen-bond acceptors (Lipinski definition) is 7. The molecule has 3 rings (SSSR count). The van der Waals surface area contributed by atoms with Crippen molar-refractivity contribution in [2.45, 2.75) is 16.5 Å². The lowest BCUT2D eigenvalue weighted by molar-refractivity contribution is 0.0990. The Hall–Kier alpha value is -2.52. The quantitative estimate of drug-likeness (QED) is 0.442. The highest BCUT2D eigenvalue weighted by Crippen LogP contribution is 2.32. The zero-order chi connectivity index (χ0) is 19.4. The number of carbonyl (C=O) groups is 1. The molecule has 5 nitrogen and oxygen atoms in total. The zero-order valence-electron chi connectivity index (χ0n) is 14.4. The lowest BCUT2D eigenvalue weighted by Crippen LogP contribution is -2.15. The maximum absolute atomic E-state index is 13.8. The lowest BCUT2D eigenvalue weighted by atomic mass is 10.1. The second-order valence-electron chi connectivity index (χ2n) is 5.48. The van der Waals surface area contributed by atoms with E-state index in [1.54, 1.807) is 14.0 Å². The van der Waals surface area contributed by atoms with E-state index in [1.165, 1.54) is 23.1 Å². The van der Waals surface area contributed by atoms with E-state index in [1.807, 2.05) is 24.3 Å². The standard InChI is InChI=1S/C18H15F2N3O2S2/c1-10(16(24)14-7-6-11(19)8-15(14)20)26-18-23-22-17(27-18)21-12-4-3-5-13(9-12)25-2/h3-10H,1-2H3,(H,21,22). The summed E-state index contributed by atoms with van der Waals surface area (Å²) >= 11 is 2.44. The van der Waals surface area contributed by atoms with Crippen molar-refractivity contribution >= 4 is 39.7 Å². The van der Waals surface area contributed by atoms with Crippen molar-refractivity contribution in [1.29, 1.82) is 0 Å². The first-order valence-electron chi connectivity index (χ1n) is 7.87. The molecule has 0 aliphatic rings. The van der Waals surface area contributed by atoms with E-state index in [0.717, 1.165) is 17.8 Å². The first-order valence-corrected chi connectivity index (χ1v) is 9.56. The number of anilines is 2. The van der Waals surface area contributed by atoms with Crippen LogP contribution >= 0.6 is 23.1 Å². The summed E-state index contributed by atoms with van der Waals surface area (Å²) < 4.78 is 32.5. The summed E-state index contributed by atoms with van der Waals surface area (Å²) in [6.07, 6.45) is 0. The summed E-state index contributed by atoms with van der Waals surface area (Å²) in [5.41, 5.74) is 0.648. The van der Waals surface area contributed by atoms with Crippen LogP contribution in [0.4, 0.5) is 19.6 Å².